The van der Waals surface area contributed by atoms with Crippen LogP contribution < -0.4 is 5.73 Å². The van der Waals surface area contributed by atoms with Crippen LogP contribution in [0.15, 0.2) is 24.3 Å². The second-order valence-corrected chi connectivity index (χ2v) is 2.69. The standard InChI is InChI=1S/C9H13NO2/c10-9(6-12)8-3-1-2-7(4-8)5-11/h1-4,9,11-12H,5-6,10H2. The first-order chi connectivity index (χ1) is 5.77. The van der Waals surface area contributed by atoms with Crippen molar-refractivity contribution in [1.82, 2.24) is 0 Å². The maximum absolute atomic E-state index is 8.81. The van der Waals surface area contributed by atoms with Crippen LogP contribution in [0.1, 0.15) is 17.2 Å². The van der Waals surface area contributed by atoms with E-state index in [0.717, 1.165) is 11.1 Å². The maximum Gasteiger partial charge on any atom is 0.0681 e. The molecule has 0 saturated heterocycles. The Morgan fingerprint density at radius 2 is 2.08 bits per heavy atom. The molecule has 1 unspecified atom stereocenters. The maximum atomic E-state index is 8.81. The molecular formula is C9H13NO2. The highest BCUT2D eigenvalue weighted by atomic mass is 16.3. The van der Waals surface area contributed by atoms with Crippen molar-refractivity contribution < 1.29 is 10.2 Å². The Bertz CT molecular complexity index is 250. The molecule has 0 amide bonds. The SMILES string of the molecule is NC(CO)c1cccc(CO)c1. The number of aliphatic hydroxyl groups excluding tert-OH is 2. The minimum atomic E-state index is -0.350. The quantitative estimate of drug-likeness (QED) is 0.601. The first kappa shape index (κ1) is 9.19. The van der Waals surface area contributed by atoms with Gasteiger partial charge in [0, 0.05) is 0 Å². The third-order valence-corrected chi connectivity index (χ3v) is 1.76. The lowest BCUT2D eigenvalue weighted by Crippen LogP contribution is -2.14. The second kappa shape index (κ2) is 4.21. The van der Waals surface area contributed by atoms with Crippen molar-refractivity contribution in [3.05, 3.63) is 35.4 Å². The first-order valence-electron chi connectivity index (χ1n) is 3.84. The molecule has 0 aliphatic rings. The van der Waals surface area contributed by atoms with Crippen LogP contribution in [-0.4, -0.2) is 16.8 Å². The summed E-state index contributed by atoms with van der Waals surface area (Å²) in [7, 11) is 0. The number of nitrogens with two attached hydrogens (primary N) is 1. The molecular weight excluding hydrogens is 154 g/mol. The van der Waals surface area contributed by atoms with Gasteiger partial charge < -0.3 is 15.9 Å². The second-order valence-electron chi connectivity index (χ2n) is 2.69. The Kier molecular flexibility index (Phi) is 3.22. The molecule has 0 radical (unpaired) electrons. The summed E-state index contributed by atoms with van der Waals surface area (Å²) < 4.78 is 0. The average Bonchev–Trinajstić information content (AvgIpc) is 2.17. The van der Waals surface area contributed by atoms with Gasteiger partial charge in [0.15, 0.2) is 0 Å². The predicted molar refractivity (Wildman–Crippen MR) is 46.4 cm³/mol. The van der Waals surface area contributed by atoms with Gasteiger partial charge in [-0.05, 0) is 11.1 Å². The van der Waals surface area contributed by atoms with Crippen LogP contribution in [0.3, 0.4) is 0 Å². The van der Waals surface area contributed by atoms with E-state index < -0.39 is 0 Å². The molecule has 0 aromatic heterocycles. The van der Waals surface area contributed by atoms with Crippen LogP contribution >= 0.6 is 0 Å². The summed E-state index contributed by atoms with van der Waals surface area (Å²) in [6, 6.07) is 6.90. The Hall–Kier alpha value is -0.900. The van der Waals surface area contributed by atoms with Crippen LogP contribution in [-0.2, 0) is 6.61 Å². The third kappa shape index (κ3) is 2.04. The monoisotopic (exact) mass is 167 g/mol. The Labute approximate surface area is 71.5 Å². The van der Waals surface area contributed by atoms with E-state index in [1.807, 2.05) is 18.2 Å². The Balaban J connectivity index is 2.86. The molecule has 1 aromatic rings. The third-order valence-electron chi connectivity index (χ3n) is 1.76. The molecule has 0 aliphatic carbocycles. The van der Waals surface area contributed by atoms with Gasteiger partial charge in [-0.25, -0.2) is 0 Å². The van der Waals surface area contributed by atoms with E-state index in [2.05, 4.69) is 0 Å². The minimum absolute atomic E-state index is 0.00594. The molecule has 66 valence electrons. The summed E-state index contributed by atoms with van der Waals surface area (Å²) in [6.07, 6.45) is 0. The van der Waals surface area contributed by atoms with Gasteiger partial charge in [-0.3, -0.25) is 0 Å². The van der Waals surface area contributed by atoms with Crippen LogP contribution in [0.4, 0.5) is 0 Å². The van der Waals surface area contributed by atoms with Crippen molar-refractivity contribution >= 4 is 0 Å². The van der Waals surface area contributed by atoms with Crippen molar-refractivity contribution in [3.63, 3.8) is 0 Å². The molecule has 3 nitrogen and oxygen atoms in total. The zero-order valence-corrected chi connectivity index (χ0v) is 6.77. The number of hydrogen-bond acceptors (Lipinski definition) is 3. The fraction of sp³-hybridized carbons (Fsp3) is 0.333. The van der Waals surface area contributed by atoms with E-state index in [0.29, 0.717) is 0 Å². The van der Waals surface area contributed by atoms with Crippen molar-refractivity contribution in [2.24, 2.45) is 5.73 Å². The van der Waals surface area contributed by atoms with E-state index >= 15 is 0 Å². The number of hydrogen-bond donors (Lipinski definition) is 3. The summed E-state index contributed by atoms with van der Waals surface area (Å²) >= 11 is 0. The summed E-state index contributed by atoms with van der Waals surface area (Å²) in [5, 5.41) is 17.6. The van der Waals surface area contributed by atoms with Crippen molar-refractivity contribution in [1.29, 1.82) is 0 Å². The normalized spacial score (nSPS) is 12.9. The molecule has 0 bridgehead atoms. The van der Waals surface area contributed by atoms with Crippen LogP contribution in [0.25, 0.3) is 0 Å². The molecule has 1 atom stereocenters. The summed E-state index contributed by atoms with van der Waals surface area (Å²) in [5.74, 6) is 0. The highest BCUT2D eigenvalue weighted by molar-refractivity contribution is 5.25. The highest BCUT2D eigenvalue weighted by Crippen LogP contribution is 2.11. The van der Waals surface area contributed by atoms with Gasteiger partial charge in [-0.2, -0.15) is 0 Å². The summed E-state index contributed by atoms with van der Waals surface area (Å²) in [5.41, 5.74) is 7.25. The van der Waals surface area contributed by atoms with Gasteiger partial charge >= 0.3 is 0 Å². The lowest BCUT2D eigenvalue weighted by Gasteiger charge is -2.08. The topological polar surface area (TPSA) is 66.5 Å². The van der Waals surface area contributed by atoms with Gasteiger partial charge in [0.1, 0.15) is 0 Å². The summed E-state index contributed by atoms with van der Waals surface area (Å²) in [4.78, 5) is 0. The van der Waals surface area contributed by atoms with Crippen molar-refractivity contribution in [2.75, 3.05) is 6.61 Å². The minimum Gasteiger partial charge on any atom is -0.394 e. The van der Waals surface area contributed by atoms with Crippen molar-refractivity contribution in [3.8, 4) is 0 Å². The molecule has 0 spiro atoms. The highest BCUT2D eigenvalue weighted by Gasteiger charge is 2.03. The number of rotatable bonds is 3. The summed E-state index contributed by atoms with van der Waals surface area (Å²) in [6.45, 7) is -0.0686. The molecule has 1 rings (SSSR count). The molecule has 0 aliphatic heterocycles. The van der Waals surface area contributed by atoms with E-state index in [4.69, 9.17) is 15.9 Å². The lowest BCUT2D eigenvalue weighted by molar-refractivity contribution is 0.266. The van der Waals surface area contributed by atoms with Gasteiger partial charge in [-0.1, -0.05) is 24.3 Å². The van der Waals surface area contributed by atoms with Gasteiger partial charge in [0.2, 0.25) is 0 Å². The van der Waals surface area contributed by atoms with Crippen LogP contribution in [0.2, 0.25) is 0 Å². The zero-order valence-electron chi connectivity index (χ0n) is 6.77. The van der Waals surface area contributed by atoms with Crippen LogP contribution in [0, 0.1) is 0 Å². The van der Waals surface area contributed by atoms with Crippen LogP contribution in [0.5, 0.6) is 0 Å². The lowest BCUT2D eigenvalue weighted by atomic mass is 10.1. The van der Waals surface area contributed by atoms with Gasteiger partial charge in [0.25, 0.3) is 0 Å². The first-order valence-corrected chi connectivity index (χ1v) is 3.84. The fourth-order valence-corrected chi connectivity index (χ4v) is 1.03. The van der Waals surface area contributed by atoms with Gasteiger partial charge in [-0.15, -0.1) is 0 Å². The van der Waals surface area contributed by atoms with E-state index in [1.165, 1.54) is 0 Å². The smallest absolute Gasteiger partial charge is 0.0681 e. The predicted octanol–water partition coefficient (Wildman–Crippen LogP) is 0.171. The Morgan fingerprint density at radius 3 is 2.67 bits per heavy atom. The number of benzene rings is 1. The van der Waals surface area contributed by atoms with E-state index in [1.54, 1.807) is 6.07 Å². The molecule has 0 fully saturated rings. The molecule has 12 heavy (non-hydrogen) atoms. The van der Waals surface area contributed by atoms with Crippen molar-refractivity contribution in [2.45, 2.75) is 12.6 Å². The molecule has 3 heteroatoms. The molecule has 0 saturated carbocycles. The largest absolute Gasteiger partial charge is 0.394 e. The fourth-order valence-electron chi connectivity index (χ4n) is 1.03. The molecule has 0 heterocycles. The Morgan fingerprint density at radius 1 is 1.33 bits per heavy atom. The van der Waals surface area contributed by atoms with Gasteiger partial charge in [0.05, 0.1) is 19.3 Å². The zero-order chi connectivity index (χ0) is 8.97. The molecule has 4 N–H and O–H groups in total. The molecule has 1 aromatic carbocycles. The number of aliphatic hydroxyl groups is 2. The average molecular weight is 167 g/mol. The van der Waals surface area contributed by atoms with E-state index in [9.17, 15) is 0 Å². The van der Waals surface area contributed by atoms with E-state index in [-0.39, 0.29) is 19.3 Å².